The molecule has 144 valence electrons. The van der Waals surface area contributed by atoms with Gasteiger partial charge in [0.05, 0.1) is 11.6 Å². The number of hydrogen-bond donors (Lipinski definition) is 0. The summed E-state index contributed by atoms with van der Waals surface area (Å²) in [5.41, 5.74) is 1.83. The van der Waals surface area contributed by atoms with Crippen LogP contribution >= 0.6 is 35.0 Å². The molecule has 0 radical (unpaired) electrons. The van der Waals surface area contributed by atoms with Crippen LogP contribution in [0.4, 0.5) is 0 Å². The van der Waals surface area contributed by atoms with Crippen LogP contribution < -0.4 is 0 Å². The molecule has 28 heavy (non-hydrogen) atoms. The van der Waals surface area contributed by atoms with Gasteiger partial charge in [0, 0.05) is 17.0 Å². The number of benzene rings is 2. The third kappa shape index (κ3) is 4.04. The van der Waals surface area contributed by atoms with Gasteiger partial charge in [-0.25, -0.2) is 0 Å². The number of aromatic nitrogens is 3. The van der Waals surface area contributed by atoms with Gasteiger partial charge >= 0.3 is 5.97 Å². The Labute approximate surface area is 177 Å². The second-order valence-electron chi connectivity index (χ2n) is 6.59. The topological polar surface area (TPSA) is 57.0 Å². The summed E-state index contributed by atoms with van der Waals surface area (Å²) in [7, 11) is 0. The first-order chi connectivity index (χ1) is 13.5. The van der Waals surface area contributed by atoms with Crippen molar-refractivity contribution in [2.75, 3.05) is 0 Å². The third-order valence-electron chi connectivity index (χ3n) is 4.45. The average Bonchev–Trinajstić information content (AvgIpc) is 3.19. The van der Waals surface area contributed by atoms with Crippen LogP contribution in [0.5, 0.6) is 0 Å². The minimum atomic E-state index is -0.290. The highest BCUT2D eigenvalue weighted by atomic mass is 35.5. The second-order valence-corrected chi connectivity index (χ2v) is 8.61. The van der Waals surface area contributed by atoms with Gasteiger partial charge in [-0.3, -0.25) is 9.36 Å². The van der Waals surface area contributed by atoms with Crippen molar-refractivity contribution in [3.05, 3.63) is 64.1 Å². The zero-order valence-corrected chi connectivity index (χ0v) is 17.3. The number of esters is 1. The predicted molar refractivity (Wildman–Crippen MR) is 111 cm³/mol. The number of cyclic esters (lactones) is 1. The van der Waals surface area contributed by atoms with Crippen molar-refractivity contribution >= 4 is 40.9 Å². The molecule has 2 aromatic carbocycles. The van der Waals surface area contributed by atoms with Crippen LogP contribution in [-0.2, 0) is 16.1 Å². The molecule has 1 saturated heterocycles. The lowest BCUT2D eigenvalue weighted by Gasteiger charge is -2.12. The van der Waals surface area contributed by atoms with Crippen LogP contribution in [-0.4, -0.2) is 32.1 Å². The van der Waals surface area contributed by atoms with Crippen molar-refractivity contribution in [1.29, 1.82) is 0 Å². The second kappa shape index (κ2) is 8.15. The molecule has 1 aliphatic heterocycles. The summed E-state index contributed by atoms with van der Waals surface area (Å²) in [6.07, 6.45) is 0.569. The molecule has 0 aliphatic carbocycles. The van der Waals surface area contributed by atoms with Crippen LogP contribution in [0.1, 0.15) is 18.9 Å². The van der Waals surface area contributed by atoms with E-state index in [4.69, 9.17) is 27.9 Å². The van der Waals surface area contributed by atoms with E-state index in [1.807, 2.05) is 47.9 Å². The fraction of sp³-hybridized carbons (Fsp3) is 0.250. The molecule has 8 heteroatoms. The Bertz CT molecular complexity index is 1010. The number of halogens is 2. The van der Waals surface area contributed by atoms with Crippen molar-refractivity contribution in [2.24, 2.45) is 0 Å². The van der Waals surface area contributed by atoms with Crippen LogP contribution in [0.2, 0.25) is 10.0 Å². The van der Waals surface area contributed by atoms with Gasteiger partial charge in [-0.1, -0.05) is 65.3 Å². The molecule has 1 fully saturated rings. The van der Waals surface area contributed by atoms with Crippen LogP contribution in [0, 0.1) is 0 Å². The molecular formula is C20H17Cl2N3O2S. The van der Waals surface area contributed by atoms with Gasteiger partial charge < -0.3 is 4.74 Å². The minimum Gasteiger partial charge on any atom is -0.462 e. The molecule has 3 aromatic rings. The molecule has 2 unspecified atom stereocenters. The van der Waals surface area contributed by atoms with E-state index in [9.17, 15) is 4.79 Å². The third-order valence-corrected chi connectivity index (χ3v) is 6.18. The van der Waals surface area contributed by atoms with E-state index >= 15 is 0 Å². The monoisotopic (exact) mass is 433 g/mol. The molecule has 5 nitrogen and oxygen atoms in total. The summed E-state index contributed by atoms with van der Waals surface area (Å²) in [5, 5.41) is 10.1. The van der Waals surface area contributed by atoms with Crippen molar-refractivity contribution in [3.63, 3.8) is 0 Å². The number of carbonyl (C=O) groups is 1. The van der Waals surface area contributed by atoms with E-state index in [-0.39, 0.29) is 17.3 Å². The lowest BCUT2D eigenvalue weighted by Crippen LogP contribution is -2.12. The fourth-order valence-electron chi connectivity index (χ4n) is 3.10. The number of nitrogens with zero attached hydrogens (tertiary/aromatic N) is 3. The maximum absolute atomic E-state index is 12.1. The van der Waals surface area contributed by atoms with Gasteiger partial charge in [0.15, 0.2) is 11.0 Å². The fourth-order valence-corrected chi connectivity index (χ4v) is 4.73. The largest absolute Gasteiger partial charge is 0.462 e. The summed E-state index contributed by atoms with van der Waals surface area (Å²) in [5.74, 6) is 0.422. The number of hydrogen-bond acceptors (Lipinski definition) is 5. The number of thioether (sulfide) groups is 1. The summed E-state index contributed by atoms with van der Waals surface area (Å²) in [4.78, 5) is 12.1. The molecule has 0 saturated carbocycles. The Morgan fingerprint density at radius 3 is 2.64 bits per heavy atom. The van der Waals surface area contributed by atoms with Crippen LogP contribution in [0.3, 0.4) is 0 Å². The molecule has 1 aromatic heterocycles. The van der Waals surface area contributed by atoms with E-state index < -0.39 is 0 Å². The Morgan fingerprint density at radius 1 is 1.18 bits per heavy atom. The molecule has 0 spiro atoms. The van der Waals surface area contributed by atoms with Gasteiger partial charge in [-0.15, -0.1) is 10.2 Å². The first-order valence-corrected chi connectivity index (χ1v) is 10.4. The highest BCUT2D eigenvalue weighted by molar-refractivity contribution is 8.00. The zero-order chi connectivity index (χ0) is 19.7. The van der Waals surface area contributed by atoms with Crippen molar-refractivity contribution < 1.29 is 9.53 Å². The Kier molecular flexibility index (Phi) is 5.62. The number of rotatable bonds is 5. The molecule has 1 aliphatic rings. The Balaban J connectivity index is 1.74. The Hall–Kier alpha value is -2.02. The first-order valence-electron chi connectivity index (χ1n) is 8.81. The van der Waals surface area contributed by atoms with Crippen molar-refractivity contribution in [2.45, 2.75) is 36.4 Å². The van der Waals surface area contributed by atoms with Crippen molar-refractivity contribution in [1.82, 2.24) is 14.8 Å². The van der Waals surface area contributed by atoms with E-state index in [0.29, 0.717) is 34.0 Å². The van der Waals surface area contributed by atoms with E-state index in [1.165, 1.54) is 11.8 Å². The predicted octanol–water partition coefficient (Wildman–Crippen LogP) is 5.10. The molecule has 0 bridgehead atoms. The van der Waals surface area contributed by atoms with Crippen molar-refractivity contribution in [3.8, 4) is 11.4 Å². The molecule has 2 atom stereocenters. The number of ether oxygens (including phenoxy) is 1. The lowest BCUT2D eigenvalue weighted by atomic mass is 10.2. The smallest absolute Gasteiger partial charge is 0.319 e. The SMILES string of the molecule is CC1CC(Sc2nnc(-c3ccc(Cl)cc3Cl)n2Cc2ccccc2)C(=O)O1. The van der Waals surface area contributed by atoms with Crippen LogP contribution in [0.25, 0.3) is 11.4 Å². The average molecular weight is 434 g/mol. The molecule has 0 amide bonds. The van der Waals surface area contributed by atoms with Crippen LogP contribution in [0.15, 0.2) is 53.7 Å². The highest BCUT2D eigenvalue weighted by Crippen LogP contribution is 2.35. The van der Waals surface area contributed by atoms with Gasteiger partial charge in [0.25, 0.3) is 0 Å². The normalized spacial score (nSPS) is 19.0. The quantitative estimate of drug-likeness (QED) is 0.524. The van der Waals surface area contributed by atoms with Gasteiger partial charge in [0.2, 0.25) is 0 Å². The summed E-state index contributed by atoms with van der Waals surface area (Å²) >= 11 is 13.8. The molecule has 4 rings (SSSR count). The standard InChI is InChI=1S/C20H17Cl2N3O2S/c1-12-9-17(19(26)27-12)28-20-24-23-18(15-8-7-14(21)10-16(15)22)25(20)11-13-5-3-2-4-6-13/h2-8,10,12,17H,9,11H2,1H3. The maximum Gasteiger partial charge on any atom is 0.319 e. The summed E-state index contributed by atoms with van der Waals surface area (Å²) < 4.78 is 7.25. The minimum absolute atomic E-state index is 0.0827. The molecular weight excluding hydrogens is 417 g/mol. The summed E-state index contributed by atoms with van der Waals surface area (Å²) in [6.45, 7) is 2.45. The van der Waals surface area contributed by atoms with Gasteiger partial charge in [0.1, 0.15) is 11.4 Å². The maximum atomic E-state index is 12.1. The number of carbonyl (C=O) groups excluding carboxylic acids is 1. The first kappa shape index (κ1) is 19.3. The summed E-state index contributed by atoms with van der Waals surface area (Å²) in [6, 6.07) is 15.3. The van der Waals surface area contributed by atoms with E-state index in [1.54, 1.807) is 12.1 Å². The lowest BCUT2D eigenvalue weighted by molar-refractivity contribution is -0.140. The molecule has 2 heterocycles. The Morgan fingerprint density at radius 2 is 1.96 bits per heavy atom. The zero-order valence-electron chi connectivity index (χ0n) is 15.0. The van der Waals surface area contributed by atoms with E-state index in [0.717, 1.165) is 11.1 Å². The van der Waals surface area contributed by atoms with Gasteiger partial charge in [-0.2, -0.15) is 0 Å². The highest BCUT2D eigenvalue weighted by Gasteiger charge is 2.34. The van der Waals surface area contributed by atoms with E-state index in [2.05, 4.69) is 10.2 Å². The van der Waals surface area contributed by atoms with Gasteiger partial charge in [-0.05, 0) is 30.7 Å². The molecule has 0 N–H and O–H groups in total.